The van der Waals surface area contributed by atoms with Crippen LogP contribution in [0.25, 0.3) is 0 Å². The van der Waals surface area contributed by atoms with E-state index in [0.717, 1.165) is 5.75 Å². The van der Waals surface area contributed by atoms with Gasteiger partial charge in [0.25, 0.3) is 0 Å². The average molecular weight is 222 g/mol. The van der Waals surface area contributed by atoms with Crippen molar-refractivity contribution in [3.05, 3.63) is 54.6 Å². The predicted molar refractivity (Wildman–Crippen MR) is 68.7 cm³/mol. The summed E-state index contributed by atoms with van der Waals surface area (Å²) in [6.07, 6.45) is 8.33. The Morgan fingerprint density at radius 2 is 1.93 bits per heavy atom. The Morgan fingerprint density at radius 3 is 2.64 bits per heavy atom. The molecule has 0 N–H and O–H groups in total. The third kappa shape index (κ3) is 5.20. The fourth-order valence-electron chi connectivity index (χ4n) is 0.863. The quantitative estimate of drug-likeness (QED) is 0.407. The number of hydrogen-bond donors (Lipinski definition) is 0. The highest BCUT2D eigenvalue weighted by Crippen LogP contribution is 2.30. The van der Waals surface area contributed by atoms with Crippen LogP contribution in [0.1, 0.15) is 6.92 Å². The minimum atomic E-state index is 1.05. The van der Waals surface area contributed by atoms with Crippen LogP contribution in [0.15, 0.2) is 59.5 Å². The zero-order valence-electron chi connectivity index (χ0n) is 8.22. The topological polar surface area (TPSA) is 0 Å². The van der Waals surface area contributed by atoms with Gasteiger partial charge in [0.05, 0.1) is 0 Å². The van der Waals surface area contributed by atoms with Crippen molar-refractivity contribution in [1.82, 2.24) is 0 Å². The lowest BCUT2D eigenvalue weighted by molar-refractivity contribution is 1.48. The molecule has 0 aliphatic carbocycles. The first-order valence-electron chi connectivity index (χ1n) is 4.56. The molecule has 1 aromatic carbocycles. The first-order chi connectivity index (χ1) is 6.93. The molecule has 0 heterocycles. The third-order valence-electron chi connectivity index (χ3n) is 1.50. The van der Waals surface area contributed by atoms with Crippen LogP contribution in [0.4, 0.5) is 0 Å². The van der Waals surface area contributed by atoms with E-state index in [1.165, 1.54) is 4.90 Å². The summed E-state index contributed by atoms with van der Waals surface area (Å²) >= 11 is 0. The standard InChI is InChI=1S/C12H14S2/c1-2-3-4-8-11-13-14-12-9-6-5-7-10-12/h2-10H,11H2,1H3/b3-2-,8-4-. The number of hydrogen-bond acceptors (Lipinski definition) is 2. The van der Waals surface area contributed by atoms with E-state index >= 15 is 0 Å². The molecule has 0 aliphatic rings. The van der Waals surface area contributed by atoms with Crippen LogP contribution in [-0.4, -0.2) is 5.75 Å². The molecule has 0 nitrogen and oxygen atoms in total. The van der Waals surface area contributed by atoms with Crippen molar-refractivity contribution in [1.29, 1.82) is 0 Å². The van der Waals surface area contributed by atoms with Gasteiger partial charge in [-0.15, -0.1) is 0 Å². The molecule has 14 heavy (non-hydrogen) atoms. The van der Waals surface area contributed by atoms with Crippen molar-refractivity contribution in [3.8, 4) is 0 Å². The molecule has 0 atom stereocenters. The van der Waals surface area contributed by atoms with Crippen molar-refractivity contribution in [2.45, 2.75) is 11.8 Å². The lowest BCUT2D eigenvalue weighted by Crippen LogP contribution is -1.67. The van der Waals surface area contributed by atoms with Crippen LogP contribution in [0.2, 0.25) is 0 Å². The van der Waals surface area contributed by atoms with Crippen LogP contribution < -0.4 is 0 Å². The van der Waals surface area contributed by atoms with Gasteiger partial charge in [-0.25, -0.2) is 0 Å². The van der Waals surface area contributed by atoms with Crippen LogP contribution in [0, 0.1) is 0 Å². The van der Waals surface area contributed by atoms with Gasteiger partial charge in [0.15, 0.2) is 0 Å². The summed E-state index contributed by atoms with van der Waals surface area (Å²) < 4.78 is 0. The SMILES string of the molecule is C/C=C\C=C/CSSc1ccccc1. The van der Waals surface area contributed by atoms with Gasteiger partial charge in [0, 0.05) is 10.6 Å². The molecule has 0 radical (unpaired) electrons. The van der Waals surface area contributed by atoms with E-state index < -0.39 is 0 Å². The normalized spacial score (nSPS) is 11.5. The van der Waals surface area contributed by atoms with E-state index in [9.17, 15) is 0 Å². The second kappa shape index (κ2) is 7.77. The first kappa shape index (κ1) is 11.5. The Hall–Kier alpha value is -0.600. The largest absolute Gasteiger partial charge is 0.0877 e. The lowest BCUT2D eigenvalue weighted by atomic mass is 10.4. The van der Waals surface area contributed by atoms with E-state index in [0.29, 0.717) is 0 Å². The Morgan fingerprint density at radius 1 is 1.14 bits per heavy atom. The Labute approximate surface area is 93.9 Å². The second-order valence-corrected chi connectivity index (χ2v) is 5.05. The van der Waals surface area contributed by atoms with Crippen molar-refractivity contribution < 1.29 is 0 Å². The third-order valence-corrected chi connectivity index (χ3v) is 3.75. The molecular weight excluding hydrogens is 208 g/mol. The highest BCUT2D eigenvalue weighted by molar-refractivity contribution is 8.76. The molecule has 74 valence electrons. The number of allylic oxidation sites excluding steroid dienone is 3. The van der Waals surface area contributed by atoms with Crippen LogP contribution in [0.5, 0.6) is 0 Å². The lowest BCUT2D eigenvalue weighted by Gasteiger charge is -1.96. The van der Waals surface area contributed by atoms with Crippen LogP contribution in [-0.2, 0) is 0 Å². The van der Waals surface area contributed by atoms with E-state index in [4.69, 9.17) is 0 Å². The van der Waals surface area contributed by atoms with Crippen LogP contribution >= 0.6 is 21.6 Å². The fourth-order valence-corrected chi connectivity index (χ4v) is 2.71. The Bertz CT molecular complexity index is 288. The zero-order chi connectivity index (χ0) is 10.1. The fraction of sp³-hybridized carbons (Fsp3) is 0.167. The monoisotopic (exact) mass is 222 g/mol. The maximum absolute atomic E-state index is 2.17. The summed E-state index contributed by atoms with van der Waals surface area (Å²) in [6.45, 7) is 2.02. The molecular formula is C12H14S2. The smallest absolute Gasteiger partial charge is 0.0224 e. The van der Waals surface area contributed by atoms with Crippen LogP contribution in [0.3, 0.4) is 0 Å². The molecule has 0 amide bonds. The van der Waals surface area contributed by atoms with Gasteiger partial charge in [-0.2, -0.15) is 0 Å². The summed E-state index contributed by atoms with van der Waals surface area (Å²) in [6, 6.07) is 10.4. The molecule has 0 saturated carbocycles. The minimum Gasteiger partial charge on any atom is -0.0877 e. The molecule has 1 aromatic rings. The highest BCUT2D eigenvalue weighted by Gasteiger charge is 1.89. The number of rotatable bonds is 5. The van der Waals surface area contributed by atoms with Crippen molar-refractivity contribution in [2.24, 2.45) is 0 Å². The molecule has 1 rings (SSSR count). The van der Waals surface area contributed by atoms with E-state index in [1.54, 1.807) is 0 Å². The Kier molecular flexibility index (Phi) is 6.37. The molecule has 0 spiro atoms. The minimum absolute atomic E-state index is 1.05. The van der Waals surface area contributed by atoms with Gasteiger partial charge < -0.3 is 0 Å². The number of benzene rings is 1. The maximum atomic E-state index is 2.17. The molecule has 0 fully saturated rings. The Balaban J connectivity index is 2.16. The molecule has 0 aliphatic heterocycles. The van der Waals surface area contributed by atoms with Crippen molar-refractivity contribution in [2.75, 3.05) is 5.75 Å². The molecule has 0 unspecified atom stereocenters. The van der Waals surface area contributed by atoms with Crippen molar-refractivity contribution in [3.63, 3.8) is 0 Å². The average Bonchev–Trinajstić information content (AvgIpc) is 2.25. The van der Waals surface area contributed by atoms with E-state index in [2.05, 4.69) is 36.4 Å². The predicted octanol–water partition coefficient (Wildman–Crippen LogP) is 4.56. The summed E-state index contributed by atoms with van der Waals surface area (Å²) in [4.78, 5) is 1.32. The van der Waals surface area contributed by atoms with Gasteiger partial charge >= 0.3 is 0 Å². The van der Waals surface area contributed by atoms with Gasteiger partial charge in [-0.3, -0.25) is 0 Å². The van der Waals surface area contributed by atoms with Gasteiger partial charge in [-0.1, -0.05) is 64.1 Å². The molecule has 0 saturated heterocycles. The first-order valence-corrected chi connectivity index (χ1v) is 6.87. The van der Waals surface area contributed by atoms with Gasteiger partial charge in [0.1, 0.15) is 0 Å². The second-order valence-electron chi connectivity index (χ2n) is 2.63. The van der Waals surface area contributed by atoms with E-state index in [1.807, 2.05) is 46.7 Å². The van der Waals surface area contributed by atoms with E-state index in [-0.39, 0.29) is 0 Å². The summed E-state index contributed by atoms with van der Waals surface area (Å²) in [7, 11) is 3.67. The molecule has 0 bridgehead atoms. The van der Waals surface area contributed by atoms with Gasteiger partial charge in [-0.05, 0) is 19.1 Å². The summed E-state index contributed by atoms with van der Waals surface area (Å²) in [5.41, 5.74) is 0. The summed E-state index contributed by atoms with van der Waals surface area (Å²) in [5.74, 6) is 1.05. The highest BCUT2D eigenvalue weighted by atomic mass is 33.1. The van der Waals surface area contributed by atoms with Gasteiger partial charge in [0.2, 0.25) is 0 Å². The van der Waals surface area contributed by atoms with Crippen molar-refractivity contribution >= 4 is 21.6 Å². The maximum Gasteiger partial charge on any atom is 0.0224 e. The zero-order valence-corrected chi connectivity index (χ0v) is 9.85. The molecule has 2 heteroatoms. The molecule has 0 aromatic heterocycles. The summed E-state index contributed by atoms with van der Waals surface area (Å²) in [5, 5.41) is 0.